The van der Waals surface area contributed by atoms with E-state index in [1.807, 2.05) is 19.1 Å². The smallest absolute Gasteiger partial charge is 0.221 e. The Morgan fingerprint density at radius 2 is 1.51 bits per heavy atom. The van der Waals surface area contributed by atoms with Crippen LogP contribution in [0.3, 0.4) is 0 Å². The van der Waals surface area contributed by atoms with Gasteiger partial charge in [-0.15, -0.1) is 0 Å². The molecule has 4 nitrogen and oxygen atoms in total. The quantitative estimate of drug-likeness (QED) is 0.234. The van der Waals surface area contributed by atoms with Crippen LogP contribution in [0.1, 0.15) is 18.1 Å². The second-order valence-corrected chi connectivity index (χ2v) is 9.46. The van der Waals surface area contributed by atoms with Crippen LogP contribution >= 0.6 is 0 Å². The molecule has 0 radical (unpaired) electrons. The van der Waals surface area contributed by atoms with E-state index >= 15 is 0 Å². The first kappa shape index (κ1) is 21.5. The number of hydrogen-bond donors (Lipinski definition) is 0. The Hall–Kier alpha value is -4.83. The summed E-state index contributed by atoms with van der Waals surface area (Å²) in [7, 11) is 0. The zero-order chi connectivity index (χ0) is 25.1. The van der Waals surface area contributed by atoms with Gasteiger partial charge in [0.05, 0.1) is 16.6 Å². The zero-order valence-corrected chi connectivity index (χ0v) is 20.9. The van der Waals surface area contributed by atoms with Crippen LogP contribution in [0.4, 0.5) is 0 Å². The minimum Gasteiger partial charge on any atom is -0.294 e. The number of imidazole rings is 2. The molecule has 0 N–H and O–H groups in total. The molecule has 7 aromatic rings. The fourth-order valence-electron chi connectivity index (χ4n) is 5.58. The van der Waals surface area contributed by atoms with E-state index in [9.17, 15) is 0 Å². The van der Waals surface area contributed by atoms with Crippen molar-refractivity contribution < 1.29 is 0 Å². The molecule has 0 spiro atoms. The largest absolute Gasteiger partial charge is 0.294 e. The summed E-state index contributed by atoms with van der Waals surface area (Å²) in [5, 5.41) is 1.19. The molecule has 0 amide bonds. The molecule has 0 unspecified atom stereocenters. The summed E-state index contributed by atoms with van der Waals surface area (Å²) in [6.45, 7) is 8.49. The molecule has 0 bridgehead atoms. The minimum atomic E-state index is 0.896. The van der Waals surface area contributed by atoms with E-state index in [0.717, 1.165) is 56.0 Å². The highest BCUT2D eigenvalue weighted by molar-refractivity contribution is 6.10. The maximum Gasteiger partial charge on any atom is 0.221 e. The Kier molecular flexibility index (Phi) is 4.70. The summed E-state index contributed by atoms with van der Waals surface area (Å²) in [6, 6.07) is 34.2. The maximum atomic E-state index is 5.15. The Bertz CT molecular complexity index is 2010. The molecule has 3 aromatic heterocycles. The van der Waals surface area contributed by atoms with Crippen LogP contribution in [0, 0.1) is 6.92 Å². The van der Waals surface area contributed by atoms with E-state index in [4.69, 9.17) is 4.98 Å². The molecule has 0 aliphatic heterocycles. The van der Waals surface area contributed by atoms with Crippen molar-refractivity contribution in [1.82, 2.24) is 18.5 Å². The van der Waals surface area contributed by atoms with Crippen molar-refractivity contribution in [3.8, 4) is 11.4 Å². The van der Waals surface area contributed by atoms with E-state index in [-0.39, 0.29) is 0 Å². The highest BCUT2D eigenvalue weighted by Gasteiger charge is 2.25. The Morgan fingerprint density at radius 1 is 0.784 bits per heavy atom. The molecule has 37 heavy (non-hydrogen) atoms. The summed E-state index contributed by atoms with van der Waals surface area (Å²) in [5.41, 5.74) is 11.0. The van der Waals surface area contributed by atoms with Crippen LogP contribution in [0.15, 0.2) is 116 Å². The number of allylic oxidation sites excluding steroid dienone is 3. The highest BCUT2D eigenvalue weighted by Crippen LogP contribution is 2.38. The van der Waals surface area contributed by atoms with Crippen molar-refractivity contribution in [2.75, 3.05) is 0 Å². The molecule has 178 valence electrons. The van der Waals surface area contributed by atoms with Crippen molar-refractivity contribution in [3.63, 3.8) is 0 Å². The number of nitrogens with zero attached hydrogens (tertiary/aromatic N) is 4. The molecule has 0 atom stereocenters. The molecule has 7 rings (SSSR count). The van der Waals surface area contributed by atoms with Gasteiger partial charge in [-0.3, -0.25) is 13.5 Å². The predicted octanol–water partition coefficient (Wildman–Crippen LogP) is 8.27. The van der Waals surface area contributed by atoms with Crippen LogP contribution in [-0.2, 0) is 0 Å². The average molecular weight is 479 g/mol. The van der Waals surface area contributed by atoms with E-state index in [1.54, 1.807) is 0 Å². The Balaban J connectivity index is 1.71. The number of aromatic nitrogens is 4. The van der Waals surface area contributed by atoms with E-state index in [1.165, 1.54) is 10.9 Å². The third-order valence-corrected chi connectivity index (χ3v) is 7.21. The molecular weight excluding hydrogens is 452 g/mol. The number of rotatable bonds is 4. The Labute approximate surface area is 215 Å². The van der Waals surface area contributed by atoms with Gasteiger partial charge in [0.1, 0.15) is 5.52 Å². The first-order chi connectivity index (χ1) is 18.2. The maximum absolute atomic E-state index is 5.15. The van der Waals surface area contributed by atoms with Crippen LogP contribution < -0.4 is 0 Å². The topological polar surface area (TPSA) is 27.2 Å². The third-order valence-electron chi connectivity index (χ3n) is 7.21. The first-order valence-electron chi connectivity index (χ1n) is 12.6. The highest BCUT2D eigenvalue weighted by atomic mass is 15.3. The SMILES string of the molecule is C=C(/C=C\C)c1cc(-n2c3c4ccccc4n(-c4ccccc4)c3n3c4ccccc4nc23)ccc1C. The van der Waals surface area contributed by atoms with E-state index in [0.29, 0.717) is 0 Å². The lowest BCUT2D eigenvalue weighted by atomic mass is 10.0. The molecule has 4 heteroatoms. The van der Waals surface area contributed by atoms with E-state index < -0.39 is 0 Å². The van der Waals surface area contributed by atoms with Gasteiger partial charge in [-0.25, -0.2) is 4.98 Å². The normalized spacial score (nSPS) is 12.1. The van der Waals surface area contributed by atoms with E-state index in [2.05, 4.69) is 124 Å². The van der Waals surface area contributed by atoms with Gasteiger partial charge in [-0.2, -0.15) is 0 Å². The lowest BCUT2D eigenvalue weighted by Gasteiger charge is -2.11. The van der Waals surface area contributed by atoms with Gasteiger partial charge >= 0.3 is 0 Å². The van der Waals surface area contributed by atoms with Crippen LogP contribution in [0.5, 0.6) is 0 Å². The summed E-state index contributed by atoms with van der Waals surface area (Å²) < 4.78 is 6.97. The summed E-state index contributed by atoms with van der Waals surface area (Å²) in [5.74, 6) is 0.896. The standard InChI is InChI=1S/C33H26N4/c1-4-12-22(2)27-21-25(20-19-23(27)3)36-31-26-15-8-10-17-29(26)35(24-13-6-5-7-14-24)32(31)37-30-18-11-9-16-28(30)34-33(36)37/h4-21H,2H2,1,3H3/b12-4-. The number of hydrogen-bond acceptors (Lipinski definition) is 1. The lowest BCUT2D eigenvalue weighted by molar-refractivity contribution is 1.09. The monoisotopic (exact) mass is 478 g/mol. The van der Waals surface area contributed by atoms with Crippen molar-refractivity contribution in [2.45, 2.75) is 13.8 Å². The average Bonchev–Trinajstić information content (AvgIpc) is 3.56. The van der Waals surface area contributed by atoms with Gasteiger partial charge in [-0.1, -0.05) is 73.3 Å². The second-order valence-electron chi connectivity index (χ2n) is 9.46. The minimum absolute atomic E-state index is 0.896. The Morgan fingerprint density at radius 3 is 2.32 bits per heavy atom. The second kappa shape index (κ2) is 8.10. The fraction of sp³-hybridized carbons (Fsp3) is 0.0606. The van der Waals surface area contributed by atoms with Gasteiger partial charge in [-0.05, 0) is 73.0 Å². The van der Waals surface area contributed by atoms with Crippen molar-refractivity contribution >= 4 is 44.5 Å². The van der Waals surface area contributed by atoms with Crippen LogP contribution in [-0.4, -0.2) is 18.5 Å². The van der Waals surface area contributed by atoms with Gasteiger partial charge in [0.15, 0.2) is 5.65 Å². The summed E-state index contributed by atoms with van der Waals surface area (Å²) >= 11 is 0. The summed E-state index contributed by atoms with van der Waals surface area (Å²) in [4.78, 5) is 5.15. The first-order valence-corrected chi connectivity index (χ1v) is 12.6. The molecule has 0 saturated heterocycles. The van der Waals surface area contributed by atoms with Gasteiger partial charge in [0, 0.05) is 16.8 Å². The molecule has 4 aromatic carbocycles. The lowest BCUT2D eigenvalue weighted by Crippen LogP contribution is -1.98. The van der Waals surface area contributed by atoms with Gasteiger partial charge < -0.3 is 0 Å². The van der Waals surface area contributed by atoms with Gasteiger partial charge in [0.2, 0.25) is 5.78 Å². The summed E-state index contributed by atoms with van der Waals surface area (Å²) in [6.07, 6.45) is 4.10. The van der Waals surface area contributed by atoms with Crippen LogP contribution in [0.25, 0.3) is 55.8 Å². The van der Waals surface area contributed by atoms with Crippen molar-refractivity contribution in [2.24, 2.45) is 0 Å². The molecule has 0 saturated carbocycles. The number of fused-ring (bicyclic) bond motifs is 7. The molecule has 0 aliphatic carbocycles. The predicted molar refractivity (Wildman–Crippen MR) is 155 cm³/mol. The molecule has 3 heterocycles. The number of benzene rings is 4. The molecular formula is C33H26N4. The van der Waals surface area contributed by atoms with Crippen LogP contribution in [0.2, 0.25) is 0 Å². The fourth-order valence-corrected chi connectivity index (χ4v) is 5.58. The third kappa shape index (κ3) is 3.06. The zero-order valence-electron chi connectivity index (χ0n) is 20.9. The molecule has 0 aliphatic rings. The van der Waals surface area contributed by atoms with Gasteiger partial charge in [0.25, 0.3) is 0 Å². The number of aryl methyl sites for hydroxylation is 1. The molecule has 0 fully saturated rings. The van der Waals surface area contributed by atoms with Crippen molar-refractivity contribution in [1.29, 1.82) is 0 Å². The van der Waals surface area contributed by atoms with Crippen molar-refractivity contribution in [3.05, 3.63) is 127 Å². The number of para-hydroxylation sites is 4.